The Balaban J connectivity index is 1.80. The van der Waals surface area contributed by atoms with Crippen molar-refractivity contribution in [3.05, 3.63) is 107 Å². The second kappa shape index (κ2) is 9.50. The Hall–Kier alpha value is -3.53. The minimum atomic E-state index is -0.143. The van der Waals surface area contributed by atoms with Gasteiger partial charge in [0.25, 0.3) is 0 Å². The minimum Gasteiger partial charge on any atom is -0.507 e. The van der Waals surface area contributed by atoms with Crippen molar-refractivity contribution in [1.82, 2.24) is 9.97 Å². The van der Waals surface area contributed by atoms with E-state index in [9.17, 15) is 5.11 Å². The second-order valence-corrected chi connectivity index (χ2v) is 10.6. The molecule has 5 heteroatoms. The topological polar surface area (TPSA) is 48.9 Å². The van der Waals surface area contributed by atoms with E-state index in [2.05, 4.69) is 31.8 Å². The zero-order chi connectivity index (χ0) is 25.4. The van der Waals surface area contributed by atoms with Crippen LogP contribution in [0.25, 0.3) is 45.0 Å². The molecule has 0 atom stereocenters. The Kier molecular flexibility index (Phi) is 6.38. The molecule has 0 aliphatic heterocycles. The lowest BCUT2D eigenvalue weighted by atomic mass is 9.83. The molecule has 180 valence electrons. The van der Waals surface area contributed by atoms with Gasteiger partial charge in [0.05, 0.1) is 22.0 Å². The molecule has 5 aromatic rings. The van der Waals surface area contributed by atoms with Crippen molar-refractivity contribution in [1.29, 1.82) is 0 Å². The Bertz CT molecular complexity index is 1490. The number of aromatic amines is 1. The van der Waals surface area contributed by atoms with E-state index in [1.165, 1.54) is 0 Å². The standard InChI is InChI=1S/C31H26Cl2N2O/c1-31(2,3)20-17-23(19-11-5-4-6-12-19)29(36)24(18-20)30-34-27(21-13-7-9-15-25(21)32)28(35-30)22-14-8-10-16-26(22)33/h4-18,36H,1-3H3,(H,34,35). The number of H-pyrrole nitrogens is 1. The summed E-state index contributed by atoms with van der Waals surface area (Å²) in [5.74, 6) is 0.708. The molecular formula is C31H26Cl2N2O. The number of nitrogens with one attached hydrogen (secondary N) is 1. The van der Waals surface area contributed by atoms with Crippen LogP contribution in [0.1, 0.15) is 26.3 Å². The predicted octanol–water partition coefficient (Wildman–Crippen LogP) is 9.39. The molecular weight excluding hydrogens is 487 g/mol. The zero-order valence-electron chi connectivity index (χ0n) is 20.3. The smallest absolute Gasteiger partial charge is 0.142 e. The summed E-state index contributed by atoms with van der Waals surface area (Å²) >= 11 is 13.2. The molecule has 0 aliphatic rings. The number of phenolic OH excluding ortho intramolecular Hbond substituents is 1. The fourth-order valence-electron chi connectivity index (χ4n) is 4.29. The number of phenols is 1. The van der Waals surface area contributed by atoms with Gasteiger partial charge in [-0.15, -0.1) is 0 Å². The van der Waals surface area contributed by atoms with Crippen molar-refractivity contribution in [3.63, 3.8) is 0 Å². The van der Waals surface area contributed by atoms with Crippen LogP contribution in [0.4, 0.5) is 0 Å². The molecule has 0 saturated heterocycles. The highest BCUT2D eigenvalue weighted by molar-refractivity contribution is 6.34. The van der Waals surface area contributed by atoms with Gasteiger partial charge in [-0.05, 0) is 40.8 Å². The Morgan fingerprint density at radius 2 is 1.25 bits per heavy atom. The number of aromatic hydroxyl groups is 1. The molecule has 36 heavy (non-hydrogen) atoms. The van der Waals surface area contributed by atoms with Crippen LogP contribution in [-0.2, 0) is 5.41 Å². The van der Waals surface area contributed by atoms with Gasteiger partial charge in [0.15, 0.2) is 0 Å². The first-order valence-electron chi connectivity index (χ1n) is 11.8. The van der Waals surface area contributed by atoms with Gasteiger partial charge in [-0.2, -0.15) is 0 Å². The predicted molar refractivity (Wildman–Crippen MR) is 151 cm³/mol. The van der Waals surface area contributed by atoms with E-state index >= 15 is 0 Å². The molecule has 1 heterocycles. The van der Waals surface area contributed by atoms with Crippen LogP contribution in [-0.4, -0.2) is 15.1 Å². The molecule has 0 spiro atoms. The number of rotatable bonds is 4. The third-order valence-corrected chi connectivity index (χ3v) is 6.95. The third-order valence-electron chi connectivity index (χ3n) is 6.29. The summed E-state index contributed by atoms with van der Waals surface area (Å²) in [6.07, 6.45) is 0. The Labute approximate surface area is 221 Å². The largest absolute Gasteiger partial charge is 0.507 e. The maximum Gasteiger partial charge on any atom is 0.142 e. The van der Waals surface area contributed by atoms with Crippen molar-refractivity contribution in [2.24, 2.45) is 0 Å². The lowest BCUT2D eigenvalue weighted by Crippen LogP contribution is -2.11. The van der Waals surface area contributed by atoms with Gasteiger partial charge in [-0.1, -0.05) is 111 Å². The molecule has 0 amide bonds. The number of imidazole rings is 1. The maximum absolute atomic E-state index is 11.5. The van der Waals surface area contributed by atoms with Crippen molar-refractivity contribution in [2.45, 2.75) is 26.2 Å². The monoisotopic (exact) mass is 512 g/mol. The van der Waals surface area contributed by atoms with Gasteiger partial charge < -0.3 is 10.1 Å². The van der Waals surface area contributed by atoms with E-state index in [1.807, 2.05) is 84.9 Å². The number of hydrogen-bond acceptors (Lipinski definition) is 2. The average molecular weight is 513 g/mol. The van der Waals surface area contributed by atoms with Crippen molar-refractivity contribution >= 4 is 23.2 Å². The summed E-state index contributed by atoms with van der Waals surface area (Å²) in [7, 11) is 0. The van der Waals surface area contributed by atoms with Crippen molar-refractivity contribution < 1.29 is 5.11 Å². The quantitative estimate of drug-likeness (QED) is 0.252. The summed E-state index contributed by atoms with van der Waals surface area (Å²) in [6, 6.07) is 29.2. The van der Waals surface area contributed by atoms with Crippen LogP contribution in [0.5, 0.6) is 5.75 Å². The van der Waals surface area contributed by atoms with Crippen LogP contribution in [0.2, 0.25) is 10.0 Å². The summed E-state index contributed by atoms with van der Waals surface area (Å²) in [5.41, 5.74) is 6.26. The molecule has 0 aliphatic carbocycles. The molecule has 3 nitrogen and oxygen atoms in total. The van der Waals surface area contributed by atoms with Gasteiger partial charge in [-0.25, -0.2) is 4.98 Å². The van der Waals surface area contributed by atoms with Gasteiger partial charge in [0.2, 0.25) is 0 Å². The normalized spacial score (nSPS) is 11.6. The number of benzene rings is 4. The van der Waals surface area contributed by atoms with Gasteiger partial charge in [0, 0.05) is 21.7 Å². The minimum absolute atomic E-state index is 0.143. The number of halogens is 2. The van der Waals surface area contributed by atoms with Gasteiger partial charge in [-0.3, -0.25) is 0 Å². The van der Waals surface area contributed by atoms with E-state index < -0.39 is 0 Å². The molecule has 0 bridgehead atoms. The molecule has 0 radical (unpaired) electrons. The molecule has 1 aromatic heterocycles. The summed E-state index contributed by atoms with van der Waals surface area (Å²) in [6.45, 7) is 6.47. The van der Waals surface area contributed by atoms with E-state index in [-0.39, 0.29) is 11.2 Å². The molecule has 0 unspecified atom stereocenters. The molecule has 5 rings (SSSR count). The fourth-order valence-corrected chi connectivity index (χ4v) is 4.75. The first-order valence-corrected chi connectivity index (χ1v) is 12.5. The summed E-state index contributed by atoms with van der Waals surface area (Å²) < 4.78 is 0. The van der Waals surface area contributed by atoms with E-state index in [1.54, 1.807) is 0 Å². The number of nitrogens with zero attached hydrogens (tertiary/aromatic N) is 1. The molecule has 0 saturated carbocycles. The zero-order valence-corrected chi connectivity index (χ0v) is 21.8. The molecule has 4 aromatic carbocycles. The third kappa shape index (κ3) is 4.53. The number of aromatic nitrogens is 2. The number of hydrogen-bond donors (Lipinski definition) is 2. The maximum atomic E-state index is 11.5. The highest BCUT2D eigenvalue weighted by Gasteiger charge is 2.24. The first-order chi connectivity index (χ1) is 17.2. The molecule has 2 N–H and O–H groups in total. The van der Waals surface area contributed by atoms with E-state index in [0.717, 1.165) is 33.5 Å². The van der Waals surface area contributed by atoms with Crippen molar-refractivity contribution in [3.8, 4) is 50.8 Å². The highest BCUT2D eigenvalue weighted by atomic mass is 35.5. The van der Waals surface area contributed by atoms with Crippen LogP contribution >= 0.6 is 23.2 Å². The Morgan fingerprint density at radius 1 is 0.694 bits per heavy atom. The van der Waals surface area contributed by atoms with E-state index in [4.69, 9.17) is 28.2 Å². The second-order valence-electron chi connectivity index (χ2n) is 9.80. The highest BCUT2D eigenvalue weighted by Crippen LogP contribution is 2.44. The SMILES string of the molecule is CC(C)(C)c1cc(-c2ccccc2)c(O)c(-c2nc(-c3ccccc3Cl)c(-c3ccccc3Cl)[nH]2)c1. The summed E-state index contributed by atoms with van der Waals surface area (Å²) in [5, 5.41) is 12.7. The van der Waals surface area contributed by atoms with Crippen molar-refractivity contribution in [2.75, 3.05) is 0 Å². The molecule has 0 fully saturated rings. The Morgan fingerprint density at radius 3 is 1.86 bits per heavy atom. The van der Waals surface area contributed by atoms with Crippen LogP contribution in [0.3, 0.4) is 0 Å². The lowest BCUT2D eigenvalue weighted by molar-refractivity contribution is 0.478. The van der Waals surface area contributed by atoms with Gasteiger partial charge >= 0.3 is 0 Å². The van der Waals surface area contributed by atoms with Crippen LogP contribution in [0, 0.1) is 0 Å². The first kappa shape index (κ1) is 24.2. The fraction of sp³-hybridized carbons (Fsp3) is 0.129. The van der Waals surface area contributed by atoms with E-state index in [0.29, 0.717) is 27.1 Å². The van der Waals surface area contributed by atoms with Gasteiger partial charge in [0.1, 0.15) is 11.6 Å². The van der Waals surface area contributed by atoms with Crippen LogP contribution in [0.15, 0.2) is 91.0 Å². The lowest BCUT2D eigenvalue weighted by Gasteiger charge is -2.22. The van der Waals surface area contributed by atoms with Crippen LogP contribution < -0.4 is 0 Å². The average Bonchev–Trinajstić information content (AvgIpc) is 3.29. The summed E-state index contributed by atoms with van der Waals surface area (Å²) in [4.78, 5) is 8.45.